The number of piperidine rings is 1. The van der Waals surface area contributed by atoms with Crippen molar-refractivity contribution in [3.63, 3.8) is 0 Å². The number of nitrogens with two attached hydrogens (primary N) is 1. The van der Waals surface area contributed by atoms with Crippen LogP contribution in [-0.4, -0.2) is 29.9 Å². The van der Waals surface area contributed by atoms with Gasteiger partial charge in [-0.15, -0.1) is 12.4 Å². The summed E-state index contributed by atoms with van der Waals surface area (Å²) in [5.74, 6) is -0.174. The van der Waals surface area contributed by atoms with Crippen molar-refractivity contribution >= 4 is 18.3 Å². The summed E-state index contributed by atoms with van der Waals surface area (Å²) in [5.41, 5.74) is 6.87. The van der Waals surface area contributed by atoms with Crippen molar-refractivity contribution < 1.29 is 9.18 Å². The number of aryl methyl sites for hydroxylation is 1. The van der Waals surface area contributed by atoms with Gasteiger partial charge in [-0.2, -0.15) is 0 Å². The second kappa shape index (κ2) is 7.04. The van der Waals surface area contributed by atoms with Crippen molar-refractivity contribution in [3.05, 3.63) is 35.1 Å². The molecule has 20 heavy (non-hydrogen) atoms. The van der Waals surface area contributed by atoms with Crippen LogP contribution in [0.4, 0.5) is 4.39 Å². The molecule has 0 bridgehead atoms. The molecule has 0 aliphatic carbocycles. The summed E-state index contributed by atoms with van der Waals surface area (Å²) >= 11 is 0. The first kappa shape index (κ1) is 16.9. The maximum absolute atomic E-state index is 13.8. The number of hydrogen-bond acceptors (Lipinski definition) is 2. The van der Waals surface area contributed by atoms with Crippen LogP contribution >= 0.6 is 12.4 Å². The molecule has 112 valence electrons. The third kappa shape index (κ3) is 3.70. The minimum absolute atomic E-state index is 0. The number of amides is 1. The predicted octanol–water partition coefficient (Wildman–Crippen LogP) is 2.76. The summed E-state index contributed by atoms with van der Waals surface area (Å²) in [4.78, 5) is 14.0. The maximum Gasteiger partial charge on any atom is 0.256 e. The van der Waals surface area contributed by atoms with Crippen molar-refractivity contribution in [1.82, 2.24) is 4.90 Å². The van der Waals surface area contributed by atoms with Gasteiger partial charge in [0.1, 0.15) is 5.82 Å². The Labute approximate surface area is 125 Å². The van der Waals surface area contributed by atoms with E-state index in [0.29, 0.717) is 19.0 Å². The van der Waals surface area contributed by atoms with E-state index in [2.05, 4.69) is 0 Å². The molecule has 1 aliphatic heterocycles. The first-order valence-corrected chi connectivity index (χ1v) is 6.80. The zero-order chi connectivity index (χ0) is 14.0. The van der Waals surface area contributed by atoms with E-state index >= 15 is 0 Å². The molecule has 0 radical (unpaired) electrons. The minimum Gasteiger partial charge on any atom is -0.339 e. The highest BCUT2D eigenvalue weighted by Crippen LogP contribution is 2.22. The highest BCUT2D eigenvalue weighted by Gasteiger charge is 2.26. The van der Waals surface area contributed by atoms with Gasteiger partial charge in [0, 0.05) is 19.1 Å². The van der Waals surface area contributed by atoms with Gasteiger partial charge in [0.25, 0.3) is 5.91 Å². The zero-order valence-corrected chi connectivity index (χ0v) is 12.8. The lowest BCUT2D eigenvalue weighted by Crippen LogP contribution is -2.42. The number of rotatable bonds is 2. The van der Waals surface area contributed by atoms with E-state index in [0.717, 1.165) is 18.4 Å². The number of carbonyl (C=O) groups is 1. The normalized spacial score (nSPS) is 17.5. The Bertz CT molecular complexity index is 471. The molecule has 1 aromatic carbocycles. The standard InChI is InChI=1S/C15H21FN2O.ClH/c1-10-3-4-13(14(16)9-10)15(19)18-7-5-12(6-8-18)11(2)17;/h3-4,9,11-12H,5-8,17H2,1-2H3;1H. The molecule has 0 spiro atoms. The molecule has 3 nitrogen and oxygen atoms in total. The SMILES string of the molecule is Cc1ccc(C(=O)N2CCC(C(C)N)CC2)c(F)c1.Cl. The van der Waals surface area contributed by atoms with Gasteiger partial charge in [-0.1, -0.05) is 6.07 Å². The molecule has 1 saturated heterocycles. The molecule has 5 heteroatoms. The van der Waals surface area contributed by atoms with Gasteiger partial charge >= 0.3 is 0 Å². The van der Waals surface area contributed by atoms with E-state index in [1.54, 1.807) is 17.0 Å². The number of likely N-dealkylation sites (tertiary alicyclic amines) is 1. The van der Waals surface area contributed by atoms with Crippen LogP contribution in [0.25, 0.3) is 0 Å². The number of halogens is 2. The molecule has 1 fully saturated rings. The first-order chi connectivity index (χ1) is 8.99. The molecule has 1 unspecified atom stereocenters. The zero-order valence-electron chi connectivity index (χ0n) is 11.9. The molecule has 0 aromatic heterocycles. The van der Waals surface area contributed by atoms with Crippen LogP contribution in [0.3, 0.4) is 0 Å². The van der Waals surface area contributed by atoms with E-state index in [9.17, 15) is 9.18 Å². The molecule has 1 aliphatic rings. The van der Waals surface area contributed by atoms with Crippen LogP contribution in [-0.2, 0) is 0 Å². The molecule has 2 N–H and O–H groups in total. The lowest BCUT2D eigenvalue weighted by molar-refractivity contribution is 0.0676. The van der Waals surface area contributed by atoms with E-state index in [-0.39, 0.29) is 29.9 Å². The fourth-order valence-electron chi connectivity index (χ4n) is 2.59. The van der Waals surface area contributed by atoms with E-state index in [1.165, 1.54) is 6.07 Å². The Morgan fingerprint density at radius 2 is 2.00 bits per heavy atom. The van der Waals surface area contributed by atoms with Gasteiger partial charge in [-0.25, -0.2) is 4.39 Å². The topological polar surface area (TPSA) is 46.3 Å². The van der Waals surface area contributed by atoms with Gasteiger partial charge in [0.2, 0.25) is 0 Å². The molecule has 1 aromatic rings. The smallest absolute Gasteiger partial charge is 0.256 e. The predicted molar refractivity (Wildman–Crippen MR) is 80.7 cm³/mol. The van der Waals surface area contributed by atoms with E-state index < -0.39 is 5.82 Å². The minimum atomic E-state index is -0.431. The lowest BCUT2D eigenvalue weighted by atomic mass is 9.90. The Balaban J connectivity index is 0.00000200. The van der Waals surface area contributed by atoms with Gasteiger partial charge in [-0.05, 0) is 50.3 Å². The van der Waals surface area contributed by atoms with Crippen LogP contribution in [0.2, 0.25) is 0 Å². The molecule has 1 amide bonds. The van der Waals surface area contributed by atoms with Gasteiger partial charge in [-0.3, -0.25) is 4.79 Å². The van der Waals surface area contributed by atoms with Crippen LogP contribution in [0.5, 0.6) is 0 Å². The lowest BCUT2D eigenvalue weighted by Gasteiger charge is -2.33. The largest absolute Gasteiger partial charge is 0.339 e. The molecule has 2 rings (SSSR count). The summed E-state index contributed by atoms with van der Waals surface area (Å²) in [6.07, 6.45) is 1.80. The van der Waals surface area contributed by atoms with E-state index in [4.69, 9.17) is 5.73 Å². The summed E-state index contributed by atoms with van der Waals surface area (Å²) in [6, 6.07) is 4.91. The fraction of sp³-hybridized carbons (Fsp3) is 0.533. The van der Waals surface area contributed by atoms with Crippen molar-refractivity contribution in [2.24, 2.45) is 11.7 Å². The molecule has 1 heterocycles. The monoisotopic (exact) mass is 300 g/mol. The quantitative estimate of drug-likeness (QED) is 0.913. The molecule has 1 atom stereocenters. The third-order valence-electron chi connectivity index (χ3n) is 3.93. The van der Waals surface area contributed by atoms with Gasteiger partial charge in [0.15, 0.2) is 0 Å². The van der Waals surface area contributed by atoms with Crippen molar-refractivity contribution in [1.29, 1.82) is 0 Å². The average Bonchev–Trinajstić information content (AvgIpc) is 2.38. The highest BCUT2D eigenvalue weighted by molar-refractivity contribution is 5.94. The number of nitrogens with zero attached hydrogens (tertiary/aromatic N) is 1. The first-order valence-electron chi connectivity index (χ1n) is 6.80. The Kier molecular flexibility index (Phi) is 5.96. The number of hydrogen-bond donors (Lipinski definition) is 1. The van der Waals surface area contributed by atoms with Gasteiger partial charge < -0.3 is 10.6 Å². The maximum atomic E-state index is 13.8. The van der Waals surface area contributed by atoms with Crippen LogP contribution in [0.1, 0.15) is 35.7 Å². The summed E-state index contributed by atoms with van der Waals surface area (Å²) in [7, 11) is 0. The summed E-state index contributed by atoms with van der Waals surface area (Å²) < 4.78 is 13.8. The second-order valence-corrected chi connectivity index (χ2v) is 5.47. The van der Waals surface area contributed by atoms with Crippen molar-refractivity contribution in [2.45, 2.75) is 32.7 Å². The number of carbonyl (C=O) groups excluding carboxylic acids is 1. The Hall–Kier alpha value is -1.13. The van der Waals surface area contributed by atoms with E-state index in [1.807, 2.05) is 13.8 Å². The average molecular weight is 301 g/mol. The second-order valence-electron chi connectivity index (χ2n) is 5.47. The molecular weight excluding hydrogens is 279 g/mol. The summed E-state index contributed by atoms with van der Waals surface area (Å²) in [6.45, 7) is 5.14. The Morgan fingerprint density at radius 3 is 2.50 bits per heavy atom. The number of benzene rings is 1. The van der Waals surface area contributed by atoms with Gasteiger partial charge in [0.05, 0.1) is 5.56 Å². The highest BCUT2D eigenvalue weighted by atomic mass is 35.5. The third-order valence-corrected chi connectivity index (χ3v) is 3.93. The molecular formula is C15H22ClFN2O. The van der Waals surface area contributed by atoms with Crippen molar-refractivity contribution in [2.75, 3.05) is 13.1 Å². The molecule has 0 saturated carbocycles. The van der Waals surface area contributed by atoms with Crippen LogP contribution in [0.15, 0.2) is 18.2 Å². The fourth-order valence-corrected chi connectivity index (χ4v) is 2.59. The summed E-state index contributed by atoms with van der Waals surface area (Å²) in [5, 5.41) is 0. The van der Waals surface area contributed by atoms with Crippen molar-refractivity contribution in [3.8, 4) is 0 Å². The van der Waals surface area contributed by atoms with Crippen LogP contribution in [0, 0.1) is 18.7 Å². The Morgan fingerprint density at radius 1 is 1.40 bits per heavy atom. The van der Waals surface area contributed by atoms with Crippen LogP contribution < -0.4 is 5.73 Å².